The smallest absolute Gasteiger partial charge is 0.229 e. The maximum absolute atomic E-state index is 11.8. The molecule has 0 amide bonds. The SMILES string of the molecule is Cc1cc(N2C(=S)N[C@@H](c3ccccn3)[C@H]2c2cccn2-c2ccccc2C)ccc1NS(C)(=O)=O. The molecule has 2 aromatic carbocycles. The summed E-state index contributed by atoms with van der Waals surface area (Å²) in [5.41, 5.74) is 6.41. The van der Waals surface area contributed by atoms with E-state index in [4.69, 9.17) is 12.2 Å². The minimum Gasteiger partial charge on any atom is -0.351 e. The average Bonchev–Trinajstić information content (AvgIpc) is 3.44. The fourth-order valence-corrected chi connectivity index (χ4v) is 5.71. The molecule has 0 spiro atoms. The standard InChI is InChI=1S/C27H27N5O2S2/c1-18-9-4-5-11-23(18)31-16-8-12-24(31)26-25(22-10-6-7-15-28-22)29-27(35)32(26)20-13-14-21(19(2)17-20)30-36(3,33)34/h4-17,25-26,30H,1-3H3,(H,29,35)/t25-,26+/m0/s1. The lowest BCUT2D eigenvalue weighted by atomic mass is 10.00. The second-order valence-electron chi connectivity index (χ2n) is 8.96. The van der Waals surface area contributed by atoms with Gasteiger partial charge < -0.3 is 14.8 Å². The molecule has 0 saturated carbocycles. The molecule has 2 atom stereocenters. The number of nitrogens with zero attached hydrogens (tertiary/aromatic N) is 3. The van der Waals surface area contributed by atoms with Crippen molar-refractivity contribution >= 4 is 38.7 Å². The third-order valence-corrected chi connectivity index (χ3v) is 7.25. The minimum atomic E-state index is -3.39. The molecule has 0 unspecified atom stereocenters. The normalized spacial score (nSPS) is 17.8. The first-order chi connectivity index (χ1) is 17.2. The van der Waals surface area contributed by atoms with Gasteiger partial charge in [-0.1, -0.05) is 24.3 Å². The highest BCUT2D eigenvalue weighted by molar-refractivity contribution is 7.92. The van der Waals surface area contributed by atoms with E-state index >= 15 is 0 Å². The van der Waals surface area contributed by atoms with E-state index in [0.717, 1.165) is 40.1 Å². The number of sulfonamides is 1. The molecule has 1 fully saturated rings. The molecule has 2 aromatic heterocycles. The molecular weight excluding hydrogens is 490 g/mol. The number of hydrogen-bond acceptors (Lipinski definition) is 4. The van der Waals surface area contributed by atoms with Crippen molar-refractivity contribution in [3.63, 3.8) is 0 Å². The molecule has 0 aliphatic carbocycles. The lowest BCUT2D eigenvalue weighted by Gasteiger charge is -2.29. The number of thiocarbonyl (C=S) groups is 1. The van der Waals surface area contributed by atoms with Crippen molar-refractivity contribution in [2.45, 2.75) is 25.9 Å². The second kappa shape index (κ2) is 9.40. The quantitative estimate of drug-likeness (QED) is 0.349. The third kappa shape index (κ3) is 4.59. The van der Waals surface area contributed by atoms with Gasteiger partial charge in [0.25, 0.3) is 0 Å². The summed E-state index contributed by atoms with van der Waals surface area (Å²) in [6.07, 6.45) is 5.00. The van der Waals surface area contributed by atoms with Crippen molar-refractivity contribution in [3.05, 3.63) is 108 Å². The van der Waals surface area contributed by atoms with E-state index in [2.05, 4.69) is 55.8 Å². The maximum Gasteiger partial charge on any atom is 0.229 e. The van der Waals surface area contributed by atoms with Crippen molar-refractivity contribution in [2.75, 3.05) is 15.9 Å². The first kappa shape index (κ1) is 24.0. The van der Waals surface area contributed by atoms with Gasteiger partial charge in [0.1, 0.15) is 6.04 Å². The maximum atomic E-state index is 11.8. The van der Waals surface area contributed by atoms with Gasteiger partial charge in [-0.05, 0) is 85.7 Å². The summed E-state index contributed by atoms with van der Waals surface area (Å²) >= 11 is 5.87. The zero-order valence-corrected chi connectivity index (χ0v) is 21.8. The van der Waals surface area contributed by atoms with Crippen LogP contribution in [0.2, 0.25) is 0 Å². The molecule has 1 aliphatic rings. The van der Waals surface area contributed by atoms with Gasteiger partial charge >= 0.3 is 0 Å². The van der Waals surface area contributed by atoms with Gasteiger partial charge in [0.2, 0.25) is 10.0 Å². The van der Waals surface area contributed by atoms with Gasteiger partial charge in [0.15, 0.2) is 5.11 Å². The van der Waals surface area contributed by atoms with Crippen molar-refractivity contribution < 1.29 is 8.42 Å². The molecule has 1 saturated heterocycles. The molecular formula is C27H27N5O2S2. The third-order valence-electron chi connectivity index (χ3n) is 6.34. The summed E-state index contributed by atoms with van der Waals surface area (Å²) in [7, 11) is -3.39. The Morgan fingerprint density at radius 2 is 1.75 bits per heavy atom. The number of aromatic nitrogens is 2. The molecule has 0 bridgehead atoms. The summed E-state index contributed by atoms with van der Waals surface area (Å²) in [6.45, 7) is 3.98. The predicted octanol–water partition coefficient (Wildman–Crippen LogP) is 5.04. The highest BCUT2D eigenvalue weighted by Crippen LogP contribution is 2.43. The highest BCUT2D eigenvalue weighted by atomic mass is 32.2. The van der Waals surface area contributed by atoms with Crippen molar-refractivity contribution in [1.82, 2.24) is 14.9 Å². The van der Waals surface area contributed by atoms with Gasteiger partial charge in [0.05, 0.1) is 23.7 Å². The number of anilines is 2. The largest absolute Gasteiger partial charge is 0.351 e. The fraction of sp³-hybridized carbons (Fsp3) is 0.185. The first-order valence-corrected chi connectivity index (χ1v) is 13.9. The van der Waals surface area contributed by atoms with E-state index < -0.39 is 10.0 Å². The van der Waals surface area contributed by atoms with Crippen molar-refractivity contribution in [1.29, 1.82) is 0 Å². The topological polar surface area (TPSA) is 79.3 Å². The molecule has 2 N–H and O–H groups in total. The second-order valence-corrected chi connectivity index (χ2v) is 11.1. The molecule has 0 radical (unpaired) electrons. The van der Waals surface area contributed by atoms with Crippen LogP contribution in [0.3, 0.4) is 0 Å². The molecule has 5 rings (SSSR count). The Morgan fingerprint density at radius 1 is 0.972 bits per heavy atom. The summed E-state index contributed by atoms with van der Waals surface area (Å²) in [5.74, 6) is 0. The lowest BCUT2D eigenvalue weighted by Crippen LogP contribution is -2.30. The zero-order valence-electron chi connectivity index (χ0n) is 20.2. The Kier molecular flexibility index (Phi) is 6.27. The van der Waals surface area contributed by atoms with E-state index in [-0.39, 0.29) is 12.1 Å². The Morgan fingerprint density at radius 3 is 2.44 bits per heavy atom. The van der Waals surface area contributed by atoms with Crippen LogP contribution in [-0.2, 0) is 10.0 Å². The van der Waals surface area contributed by atoms with Crippen LogP contribution in [-0.4, -0.2) is 29.3 Å². The minimum absolute atomic E-state index is 0.189. The van der Waals surface area contributed by atoms with Crippen LogP contribution >= 0.6 is 12.2 Å². The fourth-order valence-electron chi connectivity index (χ4n) is 4.73. The van der Waals surface area contributed by atoms with Crippen molar-refractivity contribution in [3.8, 4) is 5.69 Å². The molecule has 7 nitrogen and oxygen atoms in total. The highest BCUT2D eigenvalue weighted by Gasteiger charge is 2.42. The molecule has 9 heteroatoms. The first-order valence-electron chi connectivity index (χ1n) is 11.6. The van der Waals surface area contributed by atoms with Crippen LogP contribution in [0, 0.1) is 13.8 Å². The number of pyridine rings is 1. The van der Waals surface area contributed by atoms with E-state index in [0.29, 0.717) is 10.8 Å². The van der Waals surface area contributed by atoms with Crippen LogP contribution in [0.25, 0.3) is 5.69 Å². The van der Waals surface area contributed by atoms with Crippen LogP contribution in [0.1, 0.15) is 34.6 Å². The summed E-state index contributed by atoms with van der Waals surface area (Å²) < 4.78 is 28.4. The number of rotatable bonds is 6. The molecule has 184 valence electrons. The summed E-state index contributed by atoms with van der Waals surface area (Å²) in [6, 6.07) is 23.5. The van der Waals surface area contributed by atoms with E-state index in [1.54, 1.807) is 12.3 Å². The van der Waals surface area contributed by atoms with Gasteiger partial charge in [-0.3, -0.25) is 9.71 Å². The number of hydrogen-bond donors (Lipinski definition) is 2. The number of nitrogens with one attached hydrogen (secondary N) is 2. The molecule has 3 heterocycles. The number of aryl methyl sites for hydroxylation is 2. The molecule has 1 aliphatic heterocycles. The number of para-hydroxylation sites is 1. The molecule has 36 heavy (non-hydrogen) atoms. The molecule has 4 aromatic rings. The Hall–Kier alpha value is -3.69. The Balaban J connectivity index is 1.65. The average molecular weight is 518 g/mol. The monoisotopic (exact) mass is 517 g/mol. The van der Waals surface area contributed by atoms with E-state index in [9.17, 15) is 8.42 Å². The van der Waals surface area contributed by atoms with Gasteiger partial charge in [-0.15, -0.1) is 0 Å². The Labute approximate surface area is 216 Å². The van der Waals surface area contributed by atoms with Crippen LogP contribution in [0.15, 0.2) is 85.2 Å². The van der Waals surface area contributed by atoms with Gasteiger partial charge in [-0.25, -0.2) is 8.42 Å². The lowest BCUT2D eigenvalue weighted by molar-refractivity contribution is 0.549. The van der Waals surface area contributed by atoms with E-state index in [1.807, 2.05) is 55.5 Å². The van der Waals surface area contributed by atoms with Crippen molar-refractivity contribution in [2.24, 2.45) is 0 Å². The predicted molar refractivity (Wildman–Crippen MR) is 148 cm³/mol. The van der Waals surface area contributed by atoms with Gasteiger partial charge in [0, 0.05) is 29.5 Å². The van der Waals surface area contributed by atoms with Crippen LogP contribution < -0.4 is 14.9 Å². The van der Waals surface area contributed by atoms with Gasteiger partial charge in [-0.2, -0.15) is 0 Å². The van der Waals surface area contributed by atoms with Crippen LogP contribution in [0.5, 0.6) is 0 Å². The van der Waals surface area contributed by atoms with E-state index in [1.165, 1.54) is 0 Å². The summed E-state index contributed by atoms with van der Waals surface area (Å²) in [5, 5.41) is 4.07. The Bertz CT molecular complexity index is 1530. The van der Waals surface area contributed by atoms with Crippen LogP contribution in [0.4, 0.5) is 11.4 Å². The summed E-state index contributed by atoms with van der Waals surface area (Å²) in [4.78, 5) is 6.73. The number of benzene rings is 2. The zero-order chi connectivity index (χ0) is 25.4.